The number of hydrogen-bond donors (Lipinski definition) is 3. The first-order valence-corrected chi connectivity index (χ1v) is 10.4. The van der Waals surface area contributed by atoms with Gasteiger partial charge in [0.25, 0.3) is 5.56 Å². The minimum atomic E-state index is -0.728. The Bertz CT molecular complexity index is 1080. The fourth-order valence-corrected chi connectivity index (χ4v) is 3.56. The minimum Gasteiger partial charge on any atom is -0.402 e. The molecule has 1 aliphatic heterocycles. The number of hydrogen-bond acceptors (Lipinski definition) is 6. The number of nitrogens with one attached hydrogen (secondary N) is 3. The molecule has 0 bridgehead atoms. The topological polar surface area (TPSA) is 99.3 Å². The van der Waals surface area contributed by atoms with Crippen LogP contribution in [0.5, 0.6) is 5.75 Å². The Morgan fingerprint density at radius 3 is 2.77 bits per heavy atom. The Hall–Kier alpha value is -3.81. The van der Waals surface area contributed by atoms with Gasteiger partial charge in [-0.2, -0.15) is 0 Å². The maximum absolute atomic E-state index is 12.5. The van der Waals surface area contributed by atoms with Crippen molar-refractivity contribution in [3.8, 4) is 5.75 Å². The lowest BCUT2D eigenvalue weighted by molar-refractivity contribution is 0.214. The van der Waals surface area contributed by atoms with Crippen LogP contribution in [-0.4, -0.2) is 29.2 Å². The molecule has 1 aliphatic rings. The summed E-state index contributed by atoms with van der Waals surface area (Å²) in [7, 11) is 0. The normalized spacial score (nSPS) is 13.5. The summed E-state index contributed by atoms with van der Waals surface area (Å²) in [5.41, 5.74) is 2.39. The SMILES string of the molecule is O=C(Nc1cccc(N2CCCCC2)c1)Oc1c(NCc2ccccn2)cc[nH]c1=O. The Balaban J connectivity index is 1.43. The number of pyridine rings is 2. The molecule has 0 saturated carbocycles. The number of aromatic nitrogens is 2. The molecule has 4 rings (SSSR count). The van der Waals surface area contributed by atoms with Gasteiger partial charge < -0.3 is 19.9 Å². The average molecular weight is 419 g/mol. The number of carbonyl (C=O) groups is 1. The summed E-state index contributed by atoms with van der Waals surface area (Å²) in [6, 6.07) is 14.9. The number of H-pyrrole nitrogens is 1. The smallest absolute Gasteiger partial charge is 0.402 e. The summed E-state index contributed by atoms with van der Waals surface area (Å²) in [5.74, 6) is -0.0943. The third-order valence-electron chi connectivity index (χ3n) is 5.11. The van der Waals surface area contributed by atoms with Crippen molar-refractivity contribution in [3.05, 3.63) is 77.0 Å². The molecule has 0 radical (unpaired) electrons. The van der Waals surface area contributed by atoms with Crippen molar-refractivity contribution in [2.75, 3.05) is 28.6 Å². The van der Waals surface area contributed by atoms with Gasteiger partial charge >= 0.3 is 6.09 Å². The molecule has 0 aliphatic carbocycles. The van der Waals surface area contributed by atoms with E-state index in [2.05, 4.69) is 25.5 Å². The number of anilines is 3. The maximum atomic E-state index is 12.5. The van der Waals surface area contributed by atoms with Crippen LogP contribution in [0.1, 0.15) is 25.0 Å². The predicted octanol–water partition coefficient (Wildman–Crippen LogP) is 3.98. The molecule has 0 unspecified atom stereocenters. The van der Waals surface area contributed by atoms with Crippen molar-refractivity contribution in [3.63, 3.8) is 0 Å². The largest absolute Gasteiger partial charge is 0.417 e. The van der Waals surface area contributed by atoms with Gasteiger partial charge in [0, 0.05) is 36.9 Å². The first-order valence-electron chi connectivity index (χ1n) is 10.4. The molecule has 2 aromatic heterocycles. The molecule has 160 valence electrons. The lowest BCUT2D eigenvalue weighted by atomic mass is 10.1. The average Bonchev–Trinajstić information content (AvgIpc) is 2.81. The Morgan fingerprint density at radius 1 is 1.10 bits per heavy atom. The van der Waals surface area contributed by atoms with Crippen molar-refractivity contribution in [2.24, 2.45) is 0 Å². The van der Waals surface area contributed by atoms with Gasteiger partial charge in [-0.25, -0.2) is 4.79 Å². The zero-order valence-electron chi connectivity index (χ0n) is 17.1. The van der Waals surface area contributed by atoms with Crippen molar-refractivity contribution < 1.29 is 9.53 Å². The monoisotopic (exact) mass is 419 g/mol. The quantitative estimate of drug-likeness (QED) is 0.559. The number of piperidine rings is 1. The van der Waals surface area contributed by atoms with Crippen LogP contribution in [0.3, 0.4) is 0 Å². The highest BCUT2D eigenvalue weighted by Crippen LogP contribution is 2.24. The zero-order valence-corrected chi connectivity index (χ0v) is 17.1. The van der Waals surface area contributed by atoms with E-state index in [4.69, 9.17) is 4.74 Å². The third kappa shape index (κ3) is 5.42. The lowest BCUT2D eigenvalue weighted by Gasteiger charge is -2.29. The van der Waals surface area contributed by atoms with E-state index in [0.29, 0.717) is 17.9 Å². The second-order valence-electron chi connectivity index (χ2n) is 7.34. The molecule has 3 heterocycles. The van der Waals surface area contributed by atoms with E-state index in [1.165, 1.54) is 25.5 Å². The van der Waals surface area contributed by atoms with Crippen LogP contribution in [0, 0.1) is 0 Å². The third-order valence-corrected chi connectivity index (χ3v) is 5.11. The summed E-state index contributed by atoms with van der Waals surface area (Å²) in [6.45, 7) is 2.41. The zero-order chi connectivity index (χ0) is 21.5. The number of nitrogens with zero attached hydrogens (tertiary/aromatic N) is 2. The van der Waals surface area contributed by atoms with E-state index in [0.717, 1.165) is 24.5 Å². The fraction of sp³-hybridized carbons (Fsp3) is 0.261. The van der Waals surface area contributed by atoms with Crippen LogP contribution in [0.25, 0.3) is 0 Å². The number of aromatic amines is 1. The van der Waals surface area contributed by atoms with E-state index in [1.54, 1.807) is 18.3 Å². The molecule has 8 nitrogen and oxygen atoms in total. The predicted molar refractivity (Wildman–Crippen MR) is 121 cm³/mol. The van der Waals surface area contributed by atoms with Gasteiger partial charge in [-0.3, -0.25) is 15.1 Å². The summed E-state index contributed by atoms with van der Waals surface area (Å²) in [4.78, 5) is 33.9. The molecule has 3 aromatic rings. The highest BCUT2D eigenvalue weighted by Gasteiger charge is 2.15. The molecule has 8 heteroatoms. The van der Waals surface area contributed by atoms with E-state index in [-0.39, 0.29) is 5.75 Å². The number of amides is 1. The van der Waals surface area contributed by atoms with Crippen LogP contribution in [0.2, 0.25) is 0 Å². The van der Waals surface area contributed by atoms with Gasteiger partial charge in [-0.1, -0.05) is 12.1 Å². The van der Waals surface area contributed by atoms with Crippen LogP contribution >= 0.6 is 0 Å². The van der Waals surface area contributed by atoms with Crippen LogP contribution in [-0.2, 0) is 6.54 Å². The number of benzene rings is 1. The van der Waals surface area contributed by atoms with Gasteiger partial charge in [-0.05, 0) is 55.7 Å². The standard InChI is InChI=1S/C23H25N5O3/c29-22-21(20(10-12-25-22)26-16-18-7-2-3-11-24-18)31-23(30)27-17-8-6-9-19(15-17)28-13-4-1-5-14-28/h2-3,6-12,15H,1,4-5,13-14,16H2,(H,27,30)(H2,25,26,29). The fourth-order valence-electron chi connectivity index (χ4n) is 3.56. The molecule has 1 aromatic carbocycles. The number of rotatable bonds is 6. The molecule has 1 fully saturated rings. The number of carbonyl (C=O) groups excluding carboxylic acids is 1. The highest BCUT2D eigenvalue weighted by molar-refractivity contribution is 5.87. The summed E-state index contributed by atoms with van der Waals surface area (Å²) < 4.78 is 5.36. The molecule has 1 saturated heterocycles. The maximum Gasteiger partial charge on any atom is 0.417 e. The van der Waals surface area contributed by atoms with Crippen LogP contribution < -0.4 is 25.8 Å². The Kier molecular flexibility index (Phi) is 6.47. The summed E-state index contributed by atoms with van der Waals surface area (Å²) in [5, 5.41) is 5.81. The first kappa shape index (κ1) is 20.5. The summed E-state index contributed by atoms with van der Waals surface area (Å²) >= 11 is 0. The number of ether oxygens (including phenoxy) is 1. The van der Waals surface area contributed by atoms with Crippen LogP contribution in [0.4, 0.5) is 21.9 Å². The van der Waals surface area contributed by atoms with Gasteiger partial charge in [0.05, 0.1) is 17.9 Å². The Labute approximate surface area is 180 Å². The minimum absolute atomic E-state index is 0.0943. The van der Waals surface area contributed by atoms with Gasteiger partial charge in [-0.15, -0.1) is 0 Å². The van der Waals surface area contributed by atoms with Crippen molar-refractivity contribution in [2.45, 2.75) is 25.8 Å². The molecular weight excluding hydrogens is 394 g/mol. The second kappa shape index (κ2) is 9.80. The van der Waals surface area contributed by atoms with Crippen LogP contribution in [0.15, 0.2) is 65.7 Å². The van der Waals surface area contributed by atoms with Gasteiger partial charge in [0.15, 0.2) is 0 Å². The van der Waals surface area contributed by atoms with Gasteiger partial charge in [0.2, 0.25) is 5.75 Å². The molecular formula is C23H25N5O3. The lowest BCUT2D eigenvalue weighted by Crippen LogP contribution is -2.29. The molecule has 3 N–H and O–H groups in total. The molecule has 1 amide bonds. The van der Waals surface area contributed by atoms with Gasteiger partial charge in [0.1, 0.15) is 0 Å². The van der Waals surface area contributed by atoms with Crippen molar-refractivity contribution in [1.29, 1.82) is 0 Å². The Morgan fingerprint density at radius 2 is 1.97 bits per heavy atom. The van der Waals surface area contributed by atoms with E-state index in [1.807, 2.05) is 36.4 Å². The van der Waals surface area contributed by atoms with E-state index < -0.39 is 11.7 Å². The molecule has 31 heavy (non-hydrogen) atoms. The first-order chi connectivity index (χ1) is 15.2. The highest BCUT2D eigenvalue weighted by atomic mass is 16.6. The van der Waals surface area contributed by atoms with E-state index >= 15 is 0 Å². The summed E-state index contributed by atoms with van der Waals surface area (Å²) in [6.07, 6.45) is 6.06. The molecule has 0 atom stereocenters. The van der Waals surface area contributed by atoms with Crippen molar-refractivity contribution in [1.82, 2.24) is 9.97 Å². The molecule has 0 spiro atoms. The second-order valence-corrected chi connectivity index (χ2v) is 7.34. The van der Waals surface area contributed by atoms with Crippen molar-refractivity contribution >= 4 is 23.2 Å². The van der Waals surface area contributed by atoms with E-state index in [9.17, 15) is 9.59 Å².